The number of rotatable bonds is 8. The summed E-state index contributed by atoms with van der Waals surface area (Å²) in [5, 5.41) is 14.3. The first-order valence-electron chi connectivity index (χ1n) is 6.71. The molecule has 1 fully saturated rings. The molecule has 0 spiro atoms. The van der Waals surface area contributed by atoms with Crippen molar-refractivity contribution in [3.8, 4) is 0 Å². The van der Waals surface area contributed by atoms with Crippen LogP contribution in [-0.4, -0.2) is 29.8 Å². The fourth-order valence-corrected chi connectivity index (χ4v) is 1.85. The highest BCUT2D eigenvalue weighted by molar-refractivity contribution is 5.17. The molecule has 0 saturated heterocycles. The number of H-pyrrole nitrogens is 1. The molecule has 0 bridgehead atoms. The summed E-state index contributed by atoms with van der Waals surface area (Å²) in [4.78, 5) is 0. The van der Waals surface area contributed by atoms with E-state index in [4.69, 9.17) is 0 Å². The first-order valence-corrected chi connectivity index (χ1v) is 6.71. The second-order valence-corrected chi connectivity index (χ2v) is 5.37. The quantitative estimate of drug-likeness (QED) is 0.601. The lowest BCUT2D eigenvalue weighted by Crippen LogP contribution is -2.29. The molecule has 0 amide bonds. The molecule has 1 aromatic heterocycles. The second kappa shape index (κ2) is 6.17. The molecule has 96 valence electrons. The van der Waals surface area contributed by atoms with E-state index in [1.54, 1.807) is 0 Å². The Balaban J connectivity index is 1.55. The average molecular weight is 236 g/mol. The average Bonchev–Trinajstić information content (AvgIpc) is 3.04. The highest BCUT2D eigenvalue weighted by Crippen LogP contribution is 2.38. The zero-order valence-corrected chi connectivity index (χ0v) is 10.9. The molecular formula is C13H24N4. The van der Waals surface area contributed by atoms with E-state index in [-0.39, 0.29) is 0 Å². The van der Waals surface area contributed by atoms with Crippen LogP contribution in [0.5, 0.6) is 0 Å². The van der Waals surface area contributed by atoms with Crippen LogP contribution in [0.15, 0.2) is 6.07 Å². The minimum absolute atomic E-state index is 0.726. The van der Waals surface area contributed by atoms with Gasteiger partial charge in [0, 0.05) is 31.2 Å². The van der Waals surface area contributed by atoms with Gasteiger partial charge < -0.3 is 10.6 Å². The fraction of sp³-hybridized carbons (Fsp3) is 0.769. The summed E-state index contributed by atoms with van der Waals surface area (Å²) in [5.74, 6) is 1.47. The number of hydrogen-bond donors (Lipinski definition) is 3. The van der Waals surface area contributed by atoms with Gasteiger partial charge in [-0.15, -0.1) is 0 Å². The fourth-order valence-electron chi connectivity index (χ4n) is 1.85. The third-order valence-electron chi connectivity index (χ3n) is 2.99. The van der Waals surface area contributed by atoms with Crippen LogP contribution >= 0.6 is 0 Å². The van der Waals surface area contributed by atoms with E-state index >= 15 is 0 Å². The van der Waals surface area contributed by atoms with Crippen molar-refractivity contribution in [2.75, 3.05) is 19.6 Å². The summed E-state index contributed by atoms with van der Waals surface area (Å²) in [6, 6.07) is 2.20. The maximum atomic E-state index is 4.34. The molecule has 0 radical (unpaired) electrons. The molecule has 1 aliphatic carbocycles. The number of nitrogens with one attached hydrogen (secondary N) is 3. The van der Waals surface area contributed by atoms with Gasteiger partial charge >= 0.3 is 0 Å². The van der Waals surface area contributed by atoms with Crippen molar-refractivity contribution in [2.24, 2.45) is 5.92 Å². The molecule has 0 unspecified atom stereocenters. The number of aromatic nitrogens is 2. The van der Waals surface area contributed by atoms with Crippen molar-refractivity contribution in [2.45, 2.75) is 39.2 Å². The predicted octanol–water partition coefficient (Wildman–Crippen LogP) is 1.62. The number of hydrogen-bond acceptors (Lipinski definition) is 3. The van der Waals surface area contributed by atoms with Gasteiger partial charge in [0.15, 0.2) is 0 Å². The Morgan fingerprint density at radius 3 is 2.82 bits per heavy atom. The standard InChI is InChI=1S/C13H24N4/c1-10(2)8-14-5-6-15-9-12-7-13(17-16-12)11-3-4-11/h7,10-11,14-15H,3-6,8-9H2,1-2H3,(H,16,17). The lowest BCUT2D eigenvalue weighted by molar-refractivity contribution is 0.534. The molecule has 0 aromatic carbocycles. The molecule has 1 aliphatic rings. The van der Waals surface area contributed by atoms with Crippen molar-refractivity contribution in [3.05, 3.63) is 17.5 Å². The third kappa shape index (κ3) is 4.48. The van der Waals surface area contributed by atoms with E-state index in [9.17, 15) is 0 Å². The van der Waals surface area contributed by atoms with Crippen LogP contribution in [0.4, 0.5) is 0 Å². The topological polar surface area (TPSA) is 52.7 Å². The van der Waals surface area contributed by atoms with Gasteiger partial charge in [-0.2, -0.15) is 5.10 Å². The van der Waals surface area contributed by atoms with E-state index < -0.39 is 0 Å². The molecule has 1 saturated carbocycles. The van der Waals surface area contributed by atoms with E-state index in [1.165, 1.54) is 24.2 Å². The highest BCUT2D eigenvalue weighted by atomic mass is 15.1. The largest absolute Gasteiger partial charge is 0.315 e. The minimum Gasteiger partial charge on any atom is -0.315 e. The molecule has 4 heteroatoms. The maximum Gasteiger partial charge on any atom is 0.0656 e. The van der Waals surface area contributed by atoms with E-state index in [0.29, 0.717) is 0 Å². The van der Waals surface area contributed by atoms with E-state index in [2.05, 4.69) is 40.7 Å². The molecule has 1 aromatic rings. The van der Waals surface area contributed by atoms with Crippen LogP contribution in [0.1, 0.15) is 44.0 Å². The van der Waals surface area contributed by atoms with E-state index in [0.717, 1.165) is 38.0 Å². The molecule has 4 nitrogen and oxygen atoms in total. The lowest BCUT2D eigenvalue weighted by atomic mass is 10.2. The van der Waals surface area contributed by atoms with Gasteiger partial charge in [0.25, 0.3) is 0 Å². The molecule has 0 atom stereocenters. The molecule has 3 N–H and O–H groups in total. The van der Waals surface area contributed by atoms with E-state index in [1.807, 2.05) is 0 Å². The Morgan fingerprint density at radius 1 is 1.35 bits per heavy atom. The molecule has 2 rings (SSSR count). The Bertz CT molecular complexity index is 328. The van der Waals surface area contributed by atoms with Crippen LogP contribution < -0.4 is 10.6 Å². The Labute approximate surface area is 104 Å². The molecule has 17 heavy (non-hydrogen) atoms. The lowest BCUT2D eigenvalue weighted by Gasteiger charge is -2.07. The third-order valence-corrected chi connectivity index (χ3v) is 2.99. The highest BCUT2D eigenvalue weighted by Gasteiger charge is 2.25. The molecule has 0 aliphatic heterocycles. The van der Waals surface area contributed by atoms with Crippen LogP contribution in [0, 0.1) is 5.92 Å². The Hall–Kier alpha value is -0.870. The SMILES string of the molecule is CC(C)CNCCNCc1cc(C2CC2)n[nH]1. The normalized spacial score (nSPS) is 15.7. The summed E-state index contributed by atoms with van der Waals surface area (Å²) in [6.07, 6.45) is 2.63. The first-order chi connectivity index (χ1) is 8.25. The Kier molecular flexibility index (Phi) is 4.57. The summed E-state index contributed by atoms with van der Waals surface area (Å²) < 4.78 is 0. The van der Waals surface area contributed by atoms with Crippen molar-refractivity contribution in [1.82, 2.24) is 20.8 Å². The summed E-state index contributed by atoms with van der Waals surface area (Å²) in [5.41, 5.74) is 2.45. The van der Waals surface area contributed by atoms with Gasteiger partial charge in [-0.25, -0.2) is 0 Å². The Morgan fingerprint density at radius 2 is 2.12 bits per heavy atom. The smallest absolute Gasteiger partial charge is 0.0656 e. The van der Waals surface area contributed by atoms with Gasteiger partial charge in [-0.05, 0) is 31.4 Å². The van der Waals surface area contributed by atoms with Gasteiger partial charge in [-0.1, -0.05) is 13.8 Å². The van der Waals surface area contributed by atoms with Gasteiger partial charge in [0.2, 0.25) is 0 Å². The van der Waals surface area contributed by atoms with Crippen LogP contribution in [-0.2, 0) is 6.54 Å². The number of nitrogens with zero attached hydrogens (tertiary/aromatic N) is 1. The zero-order valence-electron chi connectivity index (χ0n) is 10.9. The first kappa shape index (κ1) is 12.6. The summed E-state index contributed by atoms with van der Waals surface area (Å²) in [7, 11) is 0. The van der Waals surface area contributed by atoms with Crippen molar-refractivity contribution in [1.29, 1.82) is 0 Å². The predicted molar refractivity (Wildman–Crippen MR) is 70.0 cm³/mol. The van der Waals surface area contributed by atoms with Gasteiger partial charge in [0.1, 0.15) is 0 Å². The monoisotopic (exact) mass is 236 g/mol. The second-order valence-electron chi connectivity index (χ2n) is 5.37. The minimum atomic E-state index is 0.726. The van der Waals surface area contributed by atoms with Crippen molar-refractivity contribution >= 4 is 0 Å². The van der Waals surface area contributed by atoms with Crippen LogP contribution in [0.3, 0.4) is 0 Å². The summed E-state index contributed by atoms with van der Waals surface area (Å²) in [6.45, 7) is 8.47. The maximum absolute atomic E-state index is 4.34. The van der Waals surface area contributed by atoms with Gasteiger partial charge in [0.05, 0.1) is 5.69 Å². The molecular weight excluding hydrogens is 212 g/mol. The van der Waals surface area contributed by atoms with Crippen LogP contribution in [0.2, 0.25) is 0 Å². The molecule has 1 heterocycles. The van der Waals surface area contributed by atoms with Crippen LogP contribution in [0.25, 0.3) is 0 Å². The van der Waals surface area contributed by atoms with Crippen molar-refractivity contribution < 1.29 is 0 Å². The zero-order chi connectivity index (χ0) is 12.1. The van der Waals surface area contributed by atoms with Gasteiger partial charge in [-0.3, -0.25) is 5.10 Å². The number of aromatic amines is 1. The van der Waals surface area contributed by atoms with Crippen molar-refractivity contribution in [3.63, 3.8) is 0 Å². The summed E-state index contributed by atoms with van der Waals surface area (Å²) >= 11 is 0.